The third-order valence-corrected chi connectivity index (χ3v) is 3.35. The Balaban J connectivity index is 2.16. The highest BCUT2D eigenvalue weighted by Crippen LogP contribution is 2.15. The first-order valence-electron chi connectivity index (χ1n) is 6.06. The minimum Gasteiger partial charge on any atom is -0.341 e. The fourth-order valence-corrected chi connectivity index (χ4v) is 2.38. The van der Waals surface area contributed by atoms with Crippen LogP contribution in [-0.4, -0.2) is 43.6 Å². The average molecular weight is 284 g/mol. The lowest BCUT2D eigenvalue weighted by molar-refractivity contribution is 0.0976. The molecule has 7 nitrogen and oxygen atoms in total. The van der Waals surface area contributed by atoms with Crippen LogP contribution in [-0.2, 0) is 10.0 Å². The first-order chi connectivity index (χ1) is 8.96. The number of sulfonamides is 1. The summed E-state index contributed by atoms with van der Waals surface area (Å²) in [4.78, 5) is 21.9. The number of piperidine rings is 1. The minimum absolute atomic E-state index is 0.0565. The molecule has 0 aliphatic carbocycles. The number of aromatic nitrogens is 2. The molecule has 1 fully saturated rings. The van der Waals surface area contributed by atoms with Gasteiger partial charge in [0.2, 0.25) is 16.0 Å². The van der Waals surface area contributed by atoms with Gasteiger partial charge in [-0.2, -0.15) is 0 Å². The summed E-state index contributed by atoms with van der Waals surface area (Å²) in [6.45, 7) is 1.72. The van der Waals surface area contributed by atoms with E-state index in [1.807, 2.05) is 9.62 Å². The highest BCUT2D eigenvalue weighted by atomic mass is 32.2. The maximum Gasteiger partial charge on any atom is 0.283 e. The van der Waals surface area contributed by atoms with Crippen molar-refractivity contribution in [2.75, 3.05) is 24.2 Å². The van der Waals surface area contributed by atoms with Crippen LogP contribution in [0, 0.1) is 0 Å². The van der Waals surface area contributed by atoms with Crippen molar-refractivity contribution in [2.45, 2.75) is 19.3 Å². The van der Waals surface area contributed by atoms with E-state index in [1.165, 1.54) is 18.7 Å². The summed E-state index contributed by atoms with van der Waals surface area (Å²) < 4.78 is 23.9. The molecular weight excluding hydrogens is 268 g/mol. The van der Waals surface area contributed by atoms with Crippen LogP contribution in [0.2, 0.25) is 0 Å². The van der Waals surface area contributed by atoms with E-state index in [0.717, 1.165) is 32.2 Å². The Morgan fingerprint density at radius 2 is 2.00 bits per heavy atom. The predicted octanol–water partition coefficient (Wildman–Crippen LogP) is 0.156. The maximum absolute atomic E-state index is 11.7. The Hall–Kier alpha value is -1.70. The van der Waals surface area contributed by atoms with Crippen LogP contribution in [0.4, 0.5) is 5.95 Å². The molecule has 8 heteroatoms. The fraction of sp³-hybridized carbons (Fsp3) is 0.545. The van der Waals surface area contributed by atoms with E-state index in [0.29, 0.717) is 5.95 Å². The zero-order valence-electron chi connectivity index (χ0n) is 10.7. The molecule has 0 aromatic carbocycles. The van der Waals surface area contributed by atoms with E-state index in [4.69, 9.17) is 0 Å². The molecule has 0 radical (unpaired) electrons. The van der Waals surface area contributed by atoms with Crippen LogP contribution in [0.3, 0.4) is 0 Å². The lowest BCUT2D eigenvalue weighted by Crippen LogP contribution is -2.33. The van der Waals surface area contributed by atoms with Crippen molar-refractivity contribution in [1.29, 1.82) is 0 Å². The number of carbonyl (C=O) groups is 1. The van der Waals surface area contributed by atoms with E-state index in [-0.39, 0.29) is 5.69 Å². The number of nitrogens with zero attached hydrogens (tertiary/aromatic N) is 3. The molecule has 1 N–H and O–H groups in total. The second-order valence-electron chi connectivity index (χ2n) is 4.49. The minimum atomic E-state index is -3.58. The van der Waals surface area contributed by atoms with Crippen LogP contribution in [0.25, 0.3) is 0 Å². The standard InChI is InChI=1S/C11H16N4O3S/c1-19(17,18)14-10(16)9-5-6-12-11(13-9)15-7-3-2-4-8-15/h5-6H,2-4,7-8H2,1H3,(H,14,16). The van der Waals surface area contributed by atoms with Gasteiger partial charge in [0.05, 0.1) is 6.26 Å². The molecule has 2 heterocycles. The van der Waals surface area contributed by atoms with Gasteiger partial charge in [0, 0.05) is 19.3 Å². The Morgan fingerprint density at radius 1 is 1.32 bits per heavy atom. The molecule has 0 spiro atoms. The molecule has 2 rings (SSSR count). The van der Waals surface area contributed by atoms with Crippen LogP contribution < -0.4 is 9.62 Å². The lowest BCUT2D eigenvalue weighted by Gasteiger charge is -2.26. The normalized spacial score (nSPS) is 16.2. The Bertz CT molecular complexity index is 567. The number of anilines is 1. The van der Waals surface area contributed by atoms with Crippen molar-refractivity contribution < 1.29 is 13.2 Å². The summed E-state index contributed by atoms with van der Waals surface area (Å²) in [6, 6.07) is 1.40. The second kappa shape index (κ2) is 5.52. The first kappa shape index (κ1) is 13.7. The van der Waals surface area contributed by atoms with Crippen molar-refractivity contribution >= 4 is 21.9 Å². The van der Waals surface area contributed by atoms with E-state index >= 15 is 0 Å². The average Bonchev–Trinajstić information content (AvgIpc) is 2.38. The predicted molar refractivity (Wildman–Crippen MR) is 70.4 cm³/mol. The molecule has 1 aliphatic rings. The number of nitrogens with one attached hydrogen (secondary N) is 1. The van der Waals surface area contributed by atoms with Gasteiger partial charge in [-0.3, -0.25) is 4.79 Å². The number of amides is 1. The highest BCUT2D eigenvalue weighted by molar-refractivity contribution is 7.89. The highest BCUT2D eigenvalue weighted by Gasteiger charge is 2.17. The number of carbonyl (C=O) groups excluding carboxylic acids is 1. The SMILES string of the molecule is CS(=O)(=O)NC(=O)c1ccnc(N2CCCCC2)n1. The van der Waals surface area contributed by atoms with Gasteiger partial charge in [-0.05, 0) is 25.3 Å². The lowest BCUT2D eigenvalue weighted by atomic mass is 10.1. The number of rotatable bonds is 3. The third kappa shape index (κ3) is 3.88. The van der Waals surface area contributed by atoms with Gasteiger partial charge in [0.25, 0.3) is 5.91 Å². The smallest absolute Gasteiger partial charge is 0.283 e. The van der Waals surface area contributed by atoms with Gasteiger partial charge in [0.15, 0.2) is 0 Å². The summed E-state index contributed by atoms with van der Waals surface area (Å²) in [5.41, 5.74) is 0.0565. The van der Waals surface area contributed by atoms with Gasteiger partial charge in [-0.25, -0.2) is 23.1 Å². The molecule has 19 heavy (non-hydrogen) atoms. The number of hydrogen-bond acceptors (Lipinski definition) is 6. The van der Waals surface area contributed by atoms with E-state index in [1.54, 1.807) is 0 Å². The van der Waals surface area contributed by atoms with Gasteiger partial charge in [-0.15, -0.1) is 0 Å². The van der Waals surface area contributed by atoms with Gasteiger partial charge in [-0.1, -0.05) is 0 Å². The topological polar surface area (TPSA) is 92.3 Å². The summed E-state index contributed by atoms with van der Waals surface area (Å²) >= 11 is 0. The summed E-state index contributed by atoms with van der Waals surface area (Å²) in [7, 11) is -3.58. The second-order valence-corrected chi connectivity index (χ2v) is 6.24. The van der Waals surface area contributed by atoms with Crippen molar-refractivity contribution in [3.63, 3.8) is 0 Å². The molecule has 1 aliphatic heterocycles. The van der Waals surface area contributed by atoms with Crippen molar-refractivity contribution in [3.05, 3.63) is 18.0 Å². The first-order valence-corrected chi connectivity index (χ1v) is 7.95. The van der Waals surface area contributed by atoms with Crippen molar-refractivity contribution in [1.82, 2.24) is 14.7 Å². The monoisotopic (exact) mass is 284 g/mol. The Labute approximate surface area is 112 Å². The molecule has 104 valence electrons. The van der Waals surface area contributed by atoms with Crippen molar-refractivity contribution in [2.24, 2.45) is 0 Å². The molecule has 0 unspecified atom stereocenters. The third-order valence-electron chi connectivity index (χ3n) is 2.79. The Morgan fingerprint density at radius 3 is 2.63 bits per heavy atom. The molecule has 1 amide bonds. The van der Waals surface area contributed by atoms with Crippen LogP contribution in [0.1, 0.15) is 29.8 Å². The van der Waals surface area contributed by atoms with E-state index in [9.17, 15) is 13.2 Å². The largest absolute Gasteiger partial charge is 0.341 e. The van der Waals surface area contributed by atoms with Crippen LogP contribution in [0.15, 0.2) is 12.3 Å². The van der Waals surface area contributed by atoms with E-state index < -0.39 is 15.9 Å². The van der Waals surface area contributed by atoms with E-state index in [2.05, 4.69) is 9.97 Å². The zero-order valence-corrected chi connectivity index (χ0v) is 11.5. The van der Waals surface area contributed by atoms with Crippen LogP contribution in [0.5, 0.6) is 0 Å². The van der Waals surface area contributed by atoms with Gasteiger partial charge >= 0.3 is 0 Å². The maximum atomic E-state index is 11.7. The summed E-state index contributed by atoms with van der Waals surface area (Å²) in [5.74, 6) is -0.260. The molecule has 0 saturated carbocycles. The molecule has 0 bridgehead atoms. The molecule has 0 atom stereocenters. The zero-order chi connectivity index (χ0) is 13.9. The summed E-state index contributed by atoms with van der Waals surface area (Å²) in [5, 5.41) is 0. The summed E-state index contributed by atoms with van der Waals surface area (Å²) in [6.07, 6.45) is 5.72. The molecule has 1 aromatic rings. The van der Waals surface area contributed by atoms with Crippen molar-refractivity contribution in [3.8, 4) is 0 Å². The molecule has 1 saturated heterocycles. The molecule has 1 aromatic heterocycles. The Kier molecular flexibility index (Phi) is 3.98. The number of hydrogen-bond donors (Lipinski definition) is 1. The van der Waals surface area contributed by atoms with Crippen LogP contribution >= 0.6 is 0 Å². The quantitative estimate of drug-likeness (QED) is 0.849. The fourth-order valence-electron chi connectivity index (χ4n) is 1.94. The van der Waals surface area contributed by atoms with Gasteiger partial charge < -0.3 is 4.90 Å². The molecular formula is C11H16N4O3S. The van der Waals surface area contributed by atoms with Gasteiger partial charge in [0.1, 0.15) is 5.69 Å².